The Kier molecular flexibility index (Phi) is 4.71. The molecule has 5 heteroatoms. The third-order valence-electron chi connectivity index (χ3n) is 2.58. The minimum Gasteiger partial charge on any atom is -0.332 e. The molecule has 1 amide bonds. The van der Waals surface area contributed by atoms with Crippen molar-refractivity contribution in [2.24, 2.45) is 5.73 Å². The Balaban J connectivity index is 3.18. The van der Waals surface area contributed by atoms with Crippen molar-refractivity contribution >= 4 is 17.5 Å². The molecule has 100 valence electrons. The summed E-state index contributed by atoms with van der Waals surface area (Å²) in [5, 5.41) is 0.117. The lowest BCUT2D eigenvalue weighted by molar-refractivity contribution is 0.0587. The van der Waals surface area contributed by atoms with E-state index in [0.29, 0.717) is 13.1 Å². The van der Waals surface area contributed by atoms with Crippen LogP contribution < -0.4 is 5.73 Å². The van der Waals surface area contributed by atoms with E-state index in [1.165, 1.54) is 23.1 Å². The van der Waals surface area contributed by atoms with Crippen molar-refractivity contribution in [2.45, 2.75) is 26.3 Å². The van der Waals surface area contributed by atoms with E-state index in [-0.39, 0.29) is 10.6 Å². The van der Waals surface area contributed by atoms with Gasteiger partial charge in [0.1, 0.15) is 5.82 Å². The fraction of sp³-hybridized carbons (Fsp3) is 0.462. The summed E-state index contributed by atoms with van der Waals surface area (Å²) < 4.78 is 13.7. The van der Waals surface area contributed by atoms with Gasteiger partial charge in [0.25, 0.3) is 5.91 Å². The van der Waals surface area contributed by atoms with Gasteiger partial charge in [0, 0.05) is 18.6 Å². The molecule has 2 N–H and O–H groups in total. The number of nitrogens with two attached hydrogens (primary N) is 1. The van der Waals surface area contributed by atoms with Gasteiger partial charge in [-0.05, 0) is 32.9 Å². The number of nitrogens with zero attached hydrogens (tertiary/aromatic N) is 1. The lowest BCUT2D eigenvalue weighted by Crippen LogP contribution is -2.48. The molecule has 0 radical (unpaired) electrons. The zero-order valence-corrected chi connectivity index (χ0v) is 11.6. The largest absolute Gasteiger partial charge is 0.332 e. The summed E-state index contributed by atoms with van der Waals surface area (Å²) in [5.74, 6) is -1.05. The third kappa shape index (κ3) is 3.21. The van der Waals surface area contributed by atoms with Gasteiger partial charge in [-0.1, -0.05) is 17.7 Å². The molecule has 0 saturated carbocycles. The number of hydrogen-bond acceptors (Lipinski definition) is 2. The van der Waals surface area contributed by atoms with E-state index in [1.54, 1.807) is 0 Å². The third-order valence-corrected chi connectivity index (χ3v) is 2.90. The van der Waals surface area contributed by atoms with Crippen molar-refractivity contribution in [3.8, 4) is 0 Å². The van der Waals surface area contributed by atoms with Gasteiger partial charge >= 0.3 is 0 Å². The molecule has 0 aliphatic heterocycles. The maximum absolute atomic E-state index is 13.7. The molecule has 0 bridgehead atoms. The first-order valence-electron chi connectivity index (χ1n) is 5.75. The highest BCUT2D eigenvalue weighted by Crippen LogP contribution is 2.24. The van der Waals surface area contributed by atoms with Crippen molar-refractivity contribution < 1.29 is 9.18 Å². The van der Waals surface area contributed by atoms with Crippen LogP contribution in [0, 0.1) is 5.82 Å². The molecule has 0 aliphatic carbocycles. The van der Waals surface area contributed by atoms with Crippen LogP contribution in [-0.4, -0.2) is 29.4 Å². The lowest BCUT2D eigenvalue weighted by Gasteiger charge is -2.35. The first kappa shape index (κ1) is 14.9. The number of carbonyl (C=O) groups is 1. The summed E-state index contributed by atoms with van der Waals surface area (Å²) >= 11 is 5.90. The minimum atomic E-state index is -0.612. The van der Waals surface area contributed by atoms with Crippen LogP contribution >= 0.6 is 11.6 Å². The Hall–Kier alpha value is -1.13. The molecule has 0 fully saturated rings. The average molecular weight is 273 g/mol. The van der Waals surface area contributed by atoms with E-state index in [2.05, 4.69) is 0 Å². The molecule has 1 rings (SSSR count). The Morgan fingerprint density at radius 1 is 1.44 bits per heavy atom. The maximum Gasteiger partial charge on any atom is 0.258 e. The molecule has 1 aromatic rings. The molecule has 0 saturated heterocycles. The second-order valence-electron chi connectivity index (χ2n) is 5.01. The molecule has 0 unspecified atom stereocenters. The Morgan fingerprint density at radius 3 is 2.50 bits per heavy atom. The number of benzene rings is 1. The molecule has 0 spiro atoms. The van der Waals surface area contributed by atoms with Crippen molar-refractivity contribution in [3.05, 3.63) is 34.6 Å². The van der Waals surface area contributed by atoms with Crippen LogP contribution in [0.3, 0.4) is 0 Å². The van der Waals surface area contributed by atoms with Crippen molar-refractivity contribution in [1.82, 2.24) is 4.90 Å². The van der Waals surface area contributed by atoms with E-state index >= 15 is 0 Å². The van der Waals surface area contributed by atoms with Gasteiger partial charge in [-0.25, -0.2) is 4.39 Å². The molecule has 0 aromatic heterocycles. The van der Waals surface area contributed by atoms with Crippen LogP contribution in [-0.2, 0) is 0 Å². The topological polar surface area (TPSA) is 46.3 Å². The van der Waals surface area contributed by atoms with E-state index in [0.717, 1.165) is 0 Å². The molecule has 3 nitrogen and oxygen atoms in total. The molecular formula is C13H18ClFN2O. The Bertz CT molecular complexity index is 423. The van der Waals surface area contributed by atoms with Gasteiger partial charge in [-0.2, -0.15) is 0 Å². The lowest BCUT2D eigenvalue weighted by atomic mass is 10.0. The molecule has 0 atom stereocenters. The van der Waals surface area contributed by atoms with Crippen molar-refractivity contribution in [2.75, 3.05) is 13.1 Å². The van der Waals surface area contributed by atoms with E-state index in [4.69, 9.17) is 17.3 Å². The smallest absolute Gasteiger partial charge is 0.258 e. The summed E-state index contributed by atoms with van der Waals surface area (Å²) in [4.78, 5) is 13.9. The summed E-state index contributed by atoms with van der Waals surface area (Å²) in [6, 6.07) is 4.20. The highest BCUT2D eigenvalue weighted by Gasteiger charge is 2.29. The van der Waals surface area contributed by atoms with Crippen LogP contribution in [0.1, 0.15) is 31.1 Å². The molecule has 18 heavy (non-hydrogen) atoms. The maximum atomic E-state index is 13.7. The van der Waals surface area contributed by atoms with Gasteiger partial charge in [0.15, 0.2) is 0 Å². The van der Waals surface area contributed by atoms with E-state index in [1.807, 2.05) is 20.8 Å². The summed E-state index contributed by atoms with van der Waals surface area (Å²) in [6.45, 7) is 6.28. The first-order chi connectivity index (χ1) is 8.29. The Morgan fingerprint density at radius 2 is 2.06 bits per heavy atom. The second-order valence-corrected chi connectivity index (χ2v) is 5.42. The van der Waals surface area contributed by atoms with Crippen LogP contribution in [0.5, 0.6) is 0 Å². The fourth-order valence-electron chi connectivity index (χ4n) is 1.71. The predicted octanol–water partition coefficient (Wildman–Crippen LogP) is 2.68. The van der Waals surface area contributed by atoms with E-state index in [9.17, 15) is 9.18 Å². The van der Waals surface area contributed by atoms with Gasteiger partial charge in [-0.15, -0.1) is 0 Å². The molecule has 0 aliphatic rings. The monoisotopic (exact) mass is 272 g/mol. The van der Waals surface area contributed by atoms with Crippen molar-refractivity contribution in [1.29, 1.82) is 0 Å². The number of halogens is 2. The van der Waals surface area contributed by atoms with Crippen LogP contribution in [0.4, 0.5) is 4.39 Å². The summed E-state index contributed by atoms with van der Waals surface area (Å²) in [5.41, 5.74) is 4.96. The Labute approximate surface area is 112 Å². The standard InChI is InChI=1S/C13H18ClFN2O/c1-13(2,3)17(8-7-16)12(18)11-9(14)5-4-6-10(11)15/h4-6H,7-8,16H2,1-3H3. The molecular weight excluding hydrogens is 255 g/mol. The quantitative estimate of drug-likeness (QED) is 0.920. The highest BCUT2D eigenvalue weighted by molar-refractivity contribution is 6.33. The van der Waals surface area contributed by atoms with Crippen LogP contribution in [0.25, 0.3) is 0 Å². The first-order valence-corrected chi connectivity index (χ1v) is 6.13. The average Bonchev–Trinajstić information content (AvgIpc) is 2.23. The normalized spacial score (nSPS) is 11.4. The zero-order chi connectivity index (χ0) is 13.9. The number of hydrogen-bond donors (Lipinski definition) is 1. The zero-order valence-electron chi connectivity index (χ0n) is 10.8. The SMILES string of the molecule is CC(C)(C)N(CCN)C(=O)c1c(F)cccc1Cl. The molecule has 1 aromatic carbocycles. The van der Waals surface area contributed by atoms with E-state index < -0.39 is 17.3 Å². The fourth-order valence-corrected chi connectivity index (χ4v) is 1.95. The summed E-state index contributed by atoms with van der Waals surface area (Å²) in [7, 11) is 0. The summed E-state index contributed by atoms with van der Waals surface area (Å²) in [6.07, 6.45) is 0. The van der Waals surface area contributed by atoms with Gasteiger partial charge in [0.2, 0.25) is 0 Å². The predicted molar refractivity (Wildman–Crippen MR) is 71.3 cm³/mol. The molecule has 0 heterocycles. The van der Waals surface area contributed by atoms with Gasteiger partial charge in [-0.3, -0.25) is 4.79 Å². The second kappa shape index (κ2) is 5.67. The van der Waals surface area contributed by atoms with Crippen LogP contribution in [0.15, 0.2) is 18.2 Å². The van der Waals surface area contributed by atoms with Crippen LogP contribution in [0.2, 0.25) is 5.02 Å². The number of amides is 1. The number of carbonyl (C=O) groups excluding carboxylic acids is 1. The van der Waals surface area contributed by atoms with Gasteiger partial charge < -0.3 is 10.6 Å². The van der Waals surface area contributed by atoms with Gasteiger partial charge in [0.05, 0.1) is 10.6 Å². The minimum absolute atomic E-state index is 0.0949. The highest BCUT2D eigenvalue weighted by atomic mass is 35.5. The number of rotatable bonds is 3. The van der Waals surface area contributed by atoms with Crippen molar-refractivity contribution in [3.63, 3.8) is 0 Å².